The molecule has 0 aromatic rings. The highest BCUT2D eigenvalue weighted by molar-refractivity contribution is 5.76. The number of hydrogen-bond acceptors (Lipinski definition) is 2. The molecule has 0 saturated carbocycles. The molecule has 0 aromatic heterocycles. The van der Waals surface area contributed by atoms with Crippen LogP contribution < -0.4 is 0 Å². The lowest BCUT2D eigenvalue weighted by Gasteiger charge is -2.23. The van der Waals surface area contributed by atoms with Gasteiger partial charge >= 0.3 is 0 Å². The van der Waals surface area contributed by atoms with Crippen molar-refractivity contribution in [3.05, 3.63) is 0 Å². The van der Waals surface area contributed by atoms with Crippen LogP contribution in [0.5, 0.6) is 0 Å². The SMILES string of the molecule is CCCCCCN(CCCCCC)C(=O)CCOCCCC. The van der Waals surface area contributed by atoms with Crippen molar-refractivity contribution in [1.82, 2.24) is 4.90 Å². The average molecular weight is 314 g/mol. The van der Waals surface area contributed by atoms with Gasteiger partial charge < -0.3 is 9.64 Å². The highest BCUT2D eigenvalue weighted by Gasteiger charge is 2.12. The molecule has 0 saturated heterocycles. The number of unbranched alkanes of at least 4 members (excludes halogenated alkanes) is 7. The van der Waals surface area contributed by atoms with Crippen LogP contribution in [0.1, 0.15) is 91.4 Å². The van der Waals surface area contributed by atoms with Crippen LogP contribution in [0.3, 0.4) is 0 Å². The van der Waals surface area contributed by atoms with E-state index in [1.807, 2.05) is 0 Å². The minimum absolute atomic E-state index is 0.282. The van der Waals surface area contributed by atoms with E-state index in [1.54, 1.807) is 0 Å². The third kappa shape index (κ3) is 13.1. The van der Waals surface area contributed by atoms with Crippen molar-refractivity contribution in [2.45, 2.75) is 91.4 Å². The lowest BCUT2D eigenvalue weighted by atomic mass is 10.1. The summed E-state index contributed by atoms with van der Waals surface area (Å²) in [6, 6.07) is 0. The summed E-state index contributed by atoms with van der Waals surface area (Å²) in [6.07, 6.45) is 12.6. The van der Waals surface area contributed by atoms with E-state index in [1.165, 1.54) is 38.5 Å². The Bertz CT molecular complexity index is 232. The number of carbonyl (C=O) groups excluding carboxylic acids is 1. The second kappa shape index (κ2) is 16.8. The molecule has 3 nitrogen and oxygen atoms in total. The molecule has 0 N–H and O–H groups in total. The van der Waals surface area contributed by atoms with Gasteiger partial charge in [0.1, 0.15) is 0 Å². The quantitative estimate of drug-likeness (QED) is 0.367. The first-order valence-electron chi connectivity index (χ1n) is 9.61. The van der Waals surface area contributed by atoms with E-state index in [0.717, 1.165) is 45.4 Å². The standard InChI is InChI=1S/C19H39NO2/c1-4-7-10-12-15-20(16-13-11-8-5-2)19(21)14-18-22-17-9-6-3/h4-18H2,1-3H3. The summed E-state index contributed by atoms with van der Waals surface area (Å²) in [5.41, 5.74) is 0. The van der Waals surface area contributed by atoms with Crippen molar-refractivity contribution in [2.75, 3.05) is 26.3 Å². The van der Waals surface area contributed by atoms with Gasteiger partial charge in [-0.3, -0.25) is 4.79 Å². The van der Waals surface area contributed by atoms with Crippen molar-refractivity contribution in [3.8, 4) is 0 Å². The second-order valence-corrected chi connectivity index (χ2v) is 6.22. The summed E-state index contributed by atoms with van der Waals surface area (Å²) in [4.78, 5) is 14.4. The van der Waals surface area contributed by atoms with Gasteiger partial charge in [0.05, 0.1) is 13.0 Å². The van der Waals surface area contributed by atoms with Crippen LogP contribution in [0.4, 0.5) is 0 Å². The Morgan fingerprint density at radius 2 is 1.27 bits per heavy atom. The molecule has 0 aliphatic rings. The zero-order valence-corrected chi connectivity index (χ0v) is 15.4. The summed E-state index contributed by atoms with van der Waals surface area (Å²) >= 11 is 0. The van der Waals surface area contributed by atoms with Crippen molar-refractivity contribution >= 4 is 5.91 Å². The fourth-order valence-electron chi connectivity index (χ4n) is 2.49. The van der Waals surface area contributed by atoms with Crippen LogP contribution in [-0.4, -0.2) is 37.1 Å². The Kier molecular flexibility index (Phi) is 16.4. The Hall–Kier alpha value is -0.570. The van der Waals surface area contributed by atoms with E-state index in [9.17, 15) is 4.79 Å². The van der Waals surface area contributed by atoms with Gasteiger partial charge in [0.15, 0.2) is 0 Å². The number of ether oxygens (including phenoxy) is 1. The molecule has 0 aromatic carbocycles. The van der Waals surface area contributed by atoms with Gasteiger partial charge in [-0.1, -0.05) is 65.7 Å². The molecule has 0 atom stereocenters. The van der Waals surface area contributed by atoms with Gasteiger partial charge in [-0.25, -0.2) is 0 Å². The van der Waals surface area contributed by atoms with E-state index in [0.29, 0.717) is 13.0 Å². The zero-order valence-electron chi connectivity index (χ0n) is 15.4. The van der Waals surface area contributed by atoms with Crippen molar-refractivity contribution in [3.63, 3.8) is 0 Å². The largest absolute Gasteiger partial charge is 0.381 e. The molecule has 1 amide bonds. The van der Waals surface area contributed by atoms with E-state index in [2.05, 4.69) is 25.7 Å². The molecular weight excluding hydrogens is 274 g/mol. The predicted molar refractivity (Wildman–Crippen MR) is 95.2 cm³/mol. The number of nitrogens with zero attached hydrogens (tertiary/aromatic N) is 1. The first-order valence-corrected chi connectivity index (χ1v) is 9.61. The van der Waals surface area contributed by atoms with Gasteiger partial charge in [0, 0.05) is 19.7 Å². The molecule has 0 heterocycles. The minimum atomic E-state index is 0.282. The first kappa shape index (κ1) is 21.4. The third-order valence-corrected chi connectivity index (χ3v) is 4.02. The number of amides is 1. The first-order chi connectivity index (χ1) is 10.8. The maximum atomic E-state index is 12.3. The van der Waals surface area contributed by atoms with E-state index >= 15 is 0 Å². The lowest BCUT2D eigenvalue weighted by molar-refractivity contribution is -0.132. The molecule has 0 fully saturated rings. The molecule has 0 unspecified atom stereocenters. The predicted octanol–water partition coefficient (Wildman–Crippen LogP) is 5.18. The molecule has 3 heteroatoms. The highest BCUT2D eigenvalue weighted by atomic mass is 16.5. The zero-order chi connectivity index (χ0) is 16.5. The minimum Gasteiger partial charge on any atom is -0.381 e. The molecule has 22 heavy (non-hydrogen) atoms. The Morgan fingerprint density at radius 3 is 1.77 bits per heavy atom. The summed E-state index contributed by atoms with van der Waals surface area (Å²) in [6.45, 7) is 9.83. The summed E-state index contributed by atoms with van der Waals surface area (Å²) in [5, 5.41) is 0. The van der Waals surface area contributed by atoms with Crippen LogP contribution in [0.2, 0.25) is 0 Å². The van der Waals surface area contributed by atoms with Crippen LogP contribution in [0, 0.1) is 0 Å². The van der Waals surface area contributed by atoms with Gasteiger partial charge in [-0.15, -0.1) is 0 Å². The molecule has 0 radical (unpaired) electrons. The molecule has 132 valence electrons. The number of carbonyl (C=O) groups is 1. The van der Waals surface area contributed by atoms with Crippen LogP contribution in [0.25, 0.3) is 0 Å². The van der Waals surface area contributed by atoms with Gasteiger partial charge in [-0.05, 0) is 19.3 Å². The van der Waals surface area contributed by atoms with Crippen molar-refractivity contribution in [1.29, 1.82) is 0 Å². The Labute approximate surface area is 138 Å². The summed E-state index contributed by atoms with van der Waals surface area (Å²) in [5.74, 6) is 0.282. The van der Waals surface area contributed by atoms with Crippen molar-refractivity contribution < 1.29 is 9.53 Å². The summed E-state index contributed by atoms with van der Waals surface area (Å²) < 4.78 is 5.53. The molecule has 0 bridgehead atoms. The maximum Gasteiger partial charge on any atom is 0.224 e. The third-order valence-electron chi connectivity index (χ3n) is 4.02. The van der Waals surface area contributed by atoms with E-state index in [-0.39, 0.29) is 5.91 Å². The number of hydrogen-bond donors (Lipinski definition) is 0. The second-order valence-electron chi connectivity index (χ2n) is 6.22. The average Bonchev–Trinajstić information content (AvgIpc) is 2.53. The fourth-order valence-corrected chi connectivity index (χ4v) is 2.49. The summed E-state index contributed by atoms with van der Waals surface area (Å²) in [7, 11) is 0. The van der Waals surface area contributed by atoms with Gasteiger partial charge in [0.25, 0.3) is 0 Å². The van der Waals surface area contributed by atoms with Crippen molar-refractivity contribution in [2.24, 2.45) is 0 Å². The monoisotopic (exact) mass is 313 g/mol. The smallest absolute Gasteiger partial charge is 0.224 e. The van der Waals surface area contributed by atoms with Gasteiger partial charge in [0.2, 0.25) is 5.91 Å². The van der Waals surface area contributed by atoms with E-state index in [4.69, 9.17) is 4.74 Å². The lowest BCUT2D eigenvalue weighted by Crippen LogP contribution is -2.33. The van der Waals surface area contributed by atoms with E-state index < -0.39 is 0 Å². The highest BCUT2D eigenvalue weighted by Crippen LogP contribution is 2.07. The molecular formula is C19H39NO2. The normalized spacial score (nSPS) is 10.9. The fraction of sp³-hybridized carbons (Fsp3) is 0.947. The molecule has 0 spiro atoms. The molecule has 0 aliphatic heterocycles. The molecule has 0 aliphatic carbocycles. The molecule has 0 rings (SSSR count). The van der Waals surface area contributed by atoms with Gasteiger partial charge in [-0.2, -0.15) is 0 Å². The van der Waals surface area contributed by atoms with Crippen LogP contribution in [-0.2, 0) is 9.53 Å². The maximum absolute atomic E-state index is 12.3. The Morgan fingerprint density at radius 1 is 0.727 bits per heavy atom. The van der Waals surface area contributed by atoms with Crippen LogP contribution in [0.15, 0.2) is 0 Å². The Balaban J connectivity index is 3.97. The topological polar surface area (TPSA) is 29.5 Å². The number of rotatable bonds is 16. The van der Waals surface area contributed by atoms with Crippen LogP contribution >= 0.6 is 0 Å².